The largest absolute Gasteiger partial charge is 0.307 e. The molecule has 1 N–H and O–H groups in total. The summed E-state index contributed by atoms with van der Waals surface area (Å²) in [5, 5.41) is 7.35. The van der Waals surface area contributed by atoms with Gasteiger partial charge in [0, 0.05) is 18.2 Å². The van der Waals surface area contributed by atoms with Gasteiger partial charge >= 0.3 is 0 Å². The number of hydrogen-bond donors (Lipinski definition) is 1. The average Bonchev–Trinajstić information content (AvgIpc) is 3.23. The van der Waals surface area contributed by atoms with E-state index in [0.717, 1.165) is 24.1 Å². The second-order valence-corrected chi connectivity index (χ2v) is 7.64. The third-order valence-electron chi connectivity index (χ3n) is 5.29. The zero-order valence-corrected chi connectivity index (χ0v) is 17.6. The van der Waals surface area contributed by atoms with Gasteiger partial charge in [-0.3, -0.25) is 19.3 Å². The Bertz CT molecular complexity index is 1150. The van der Waals surface area contributed by atoms with Gasteiger partial charge in [0.2, 0.25) is 0 Å². The monoisotopic (exact) mass is 416 g/mol. The van der Waals surface area contributed by atoms with Crippen molar-refractivity contribution in [2.45, 2.75) is 33.2 Å². The summed E-state index contributed by atoms with van der Waals surface area (Å²) in [6, 6.07) is 16.3. The third kappa shape index (κ3) is 4.12. The Balaban J connectivity index is 1.54. The number of benzene rings is 2. The summed E-state index contributed by atoms with van der Waals surface area (Å²) >= 11 is 0. The van der Waals surface area contributed by atoms with Crippen molar-refractivity contribution in [3.05, 3.63) is 82.5 Å². The van der Waals surface area contributed by atoms with E-state index in [9.17, 15) is 14.4 Å². The first-order chi connectivity index (χ1) is 15.0. The summed E-state index contributed by atoms with van der Waals surface area (Å²) in [4.78, 5) is 39.3. The Morgan fingerprint density at radius 1 is 1.00 bits per heavy atom. The van der Waals surface area contributed by atoms with Crippen molar-refractivity contribution in [3.63, 3.8) is 0 Å². The van der Waals surface area contributed by atoms with E-state index < -0.39 is 0 Å². The summed E-state index contributed by atoms with van der Waals surface area (Å²) in [7, 11) is 0. The molecule has 1 aliphatic heterocycles. The Morgan fingerprint density at radius 3 is 2.48 bits per heavy atom. The SMILES string of the molecule is CCCCN1C(=O)c2ccc(C(=O)Nc3cc(C)nn3Cc3ccccc3)cc2C1=O. The molecule has 0 spiro atoms. The van der Waals surface area contributed by atoms with E-state index in [0.29, 0.717) is 30.0 Å². The van der Waals surface area contributed by atoms with E-state index in [-0.39, 0.29) is 23.3 Å². The summed E-state index contributed by atoms with van der Waals surface area (Å²) in [6.45, 7) is 4.78. The minimum atomic E-state index is -0.357. The predicted molar refractivity (Wildman–Crippen MR) is 117 cm³/mol. The number of imide groups is 1. The van der Waals surface area contributed by atoms with Crippen LogP contribution in [0.4, 0.5) is 5.82 Å². The van der Waals surface area contributed by atoms with Gasteiger partial charge in [0.05, 0.1) is 23.4 Å². The van der Waals surface area contributed by atoms with E-state index in [1.165, 1.54) is 11.0 Å². The molecule has 0 atom stereocenters. The number of carbonyl (C=O) groups excluding carboxylic acids is 3. The molecule has 0 saturated heterocycles. The van der Waals surface area contributed by atoms with Gasteiger partial charge in [-0.05, 0) is 37.1 Å². The molecule has 0 radical (unpaired) electrons. The third-order valence-corrected chi connectivity index (χ3v) is 5.29. The maximum absolute atomic E-state index is 12.9. The lowest BCUT2D eigenvalue weighted by atomic mass is 10.1. The minimum Gasteiger partial charge on any atom is -0.307 e. The van der Waals surface area contributed by atoms with Crippen LogP contribution in [0, 0.1) is 6.92 Å². The molecule has 1 aliphatic rings. The number of nitrogens with zero attached hydrogens (tertiary/aromatic N) is 3. The fraction of sp³-hybridized carbons (Fsp3) is 0.250. The van der Waals surface area contributed by atoms with Crippen LogP contribution in [0.3, 0.4) is 0 Å². The van der Waals surface area contributed by atoms with Gasteiger partial charge in [0.25, 0.3) is 17.7 Å². The number of aryl methyl sites for hydroxylation is 1. The smallest absolute Gasteiger partial charge is 0.261 e. The highest BCUT2D eigenvalue weighted by Gasteiger charge is 2.35. The highest BCUT2D eigenvalue weighted by Crippen LogP contribution is 2.25. The molecule has 3 amide bonds. The van der Waals surface area contributed by atoms with E-state index in [1.54, 1.807) is 22.9 Å². The van der Waals surface area contributed by atoms with Gasteiger partial charge in [-0.1, -0.05) is 43.7 Å². The van der Waals surface area contributed by atoms with Crippen LogP contribution >= 0.6 is 0 Å². The van der Waals surface area contributed by atoms with Crippen molar-refractivity contribution in [1.82, 2.24) is 14.7 Å². The molecule has 7 nitrogen and oxygen atoms in total. The molecule has 31 heavy (non-hydrogen) atoms. The molecule has 0 saturated carbocycles. The van der Waals surface area contributed by atoms with Crippen molar-refractivity contribution in [1.29, 1.82) is 0 Å². The lowest BCUT2D eigenvalue weighted by Gasteiger charge is -2.12. The quantitative estimate of drug-likeness (QED) is 0.592. The molecular weight excluding hydrogens is 392 g/mol. The van der Waals surface area contributed by atoms with E-state index in [2.05, 4.69) is 10.4 Å². The molecule has 4 rings (SSSR count). The number of fused-ring (bicyclic) bond motifs is 1. The minimum absolute atomic E-state index is 0.280. The number of rotatable bonds is 7. The van der Waals surface area contributed by atoms with Crippen molar-refractivity contribution in [2.24, 2.45) is 0 Å². The highest BCUT2D eigenvalue weighted by atomic mass is 16.2. The van der Waals surface area contributed by atoms with E-state index in [1.807, 2.05) is 44.2 Å². The van der Waals surface area contributed by atoms with Gasteiger partial charge < -0.3 is 5.32 Å². The molecule has 3 aromatic rings. The van der Waals surface area contributed by atoms with Gasteiger partial charge in [0.15, 0.2) is 0 Å². The molecule has 0 bridgehead atoms. The van der Waals surface area contributed by atoms with Crippen molar-refractivity contribution in [2.75, 3.05) is 11.9 Å². The molecule has 1 aromatic heterocycles. The van der Waals surface area contributed by atoms with Crippen LogP contribution in [0.5, 0.6) is 0 Å². The fourth-order valence-electron chi connectivity index (χ4n) is 3.66. The molecule has 0 aliphatic carbocycles. The maximum Gasteiger partial charge on any atom is 0.261 e. The predicted octanol–water partition coefficient (Wildman–Crippen LogP) is 3.89. The summed E-state index contributed by atoms with van der Waals surface area (Å²) in [6.07, 6.45) is 1.64. The fourth-order valence-corrected chi connectivity index (χ4v) is 3.66. The Hall–Kier alpha value is -3.74. The number of nitrogens with one attached hydrogen (secondary N) is 1. The van der Waals surface area contributed by atoms with E-state index >= 15 is 0 Å². The molecular formula is C24H24N4O3. The Morgan fingerprint density at radius 2 is 1.74 bits per heavy atom. The van der Waals surface area contributed by atoms with Crippen LogP contribution in [0.25, 0.3) is 0 Å². The zero-order valence-electron chi connectivity index (χ0n) is 17.6. The number of hydrogen-bond acceptors (Lipinski definition) is 4. The number of aromatic nitrogens is 2. The van der Waals surface area contributed by atoms with Crippen LogP contribution in [0.2, 0.25) is 0 Å². The molecule has 158 valence electrons. The van der Waals surface area contributed by atoms with Crippen LogP contribution in [0.1, 0.15) is 62.1 Å². The van der Waals surface area contributed by atoms with Gasteiger partial charge in [-0.15, -0.1) is 0 Å². The first-order valence-corrected chi connectivity index (χ1v) is 10.4. The number of carbonyl (C=O) groups is 3. The van der Waals surface area contributed by atoms with Crippen LogP contribution < -0.4 is 5.32 Å². The van der Waals surface area contributed by atoms with Crippen LogP contribution in [-0.4, -0.2) is 38.9 Å². The standard InChI is InChI=1S/C24H24N4O3/c1-3-4-12-27-23(30)19-11-10-18(14-20(19)24(27)31)22(29)25-21-13-16(2)26-28(21)15-17-8-6-5-7-9-17/h5-11,13-14H,3-4,12,15H2,1-2H3,(H,25,29). The molecule has 2 aromatic carbocycles. The maximum atomic E-state index is 12.9. The number of unbranched alkanes of at least 4 members (excludes halogenated alkanes) is 1. The van der Waals surface area contributed by atoms with Gasteiger partial charge in [0.1, 0.15) is 5.82 Å². The second-order valence-electron chi connectivity index (χ2n) is 7.64. The van der Waals surface area contributed by atoms with Crippen molar-refractivity contribution in [3.8, 4) is 0 Å². The lowest BCUT2D eigenvalue weighted by molar-refractivity contribution is 0.0652. The zero-order chi connectivity index (χ0) is 22.0. The number of anilines is 1. The topological polar surface area (TPSA) is 84.3 Å². The molecule has 2 heterocycles. The first-order valence-electron chi connectivity index (χ1n) is 10.4. The summed E-state index contributed by atoms with van der Waals surface area (Å²) in [5.41, 5.74) is 2.80. The van der Waals surface area contributed by atoms with E-state index in [4.69, 9.17) is 0 Å². The Kier molecular flexibility index (Phi) is 5.66. The molecule has 0 fully saturated rings. The highest BCUT2D eigenvalue weighted by molar-refractivity contribution is 6.22. The van der Waals surface area contributed by atoms with Crippen molar-refractivity contribution < 1.29 is 14.4 Å². The lowest BCUT2D eigenvalue weighted by Crippen LogP contribution is -2.30. The summed E-state index contributed by atoms with van der Waals surface area (Å²) in [5.74, 6) is -0.423. The van der Waals surface area contributed by atoms with Crippen LogP contribution in [0.15, 0.2) is 54.6 Å². The van der Waals surface area contributed by atoms with Gasteiger partial charge in [-0.2, -0.15) is 5.10 Å². The first kappa shape index (κ1) is 20.5. The molecule has 0 unspecified atom stereocenters. The van der Waals surface area contributed by atoms with Crippen molar-refractivity contribution >= 4 is 23.5 Å². The number of amides is 3. The van der Waals surface area contributed by atoms with Crippen LogP contribution in [-0.2, 0) is 6.54 Å². The Labute approximate surface area is 180 Å². The average molecular weight is 416 g/mol. The van der Waals surface area contributed by atoms with Gasteiger partial charge in [-0.25, -0.2) is 4.68 Å². The molecule has 7 heteroatoms. The normalized spacial score (nSPS) is 12.9. The second kappa shape index (κ2) is 8.55. The summed E-state index contributed by atoms with van der Waals surface area (Å²) < 4.78 is 1.73.